The summed E-state index contributed by atoms with van der Waals surface area (Å²) in [7, 11) is 1.64. The molecule has 0 saturated heterocycles. The maximum atomic E-state index is 5.65. The van der Waals surface area contributed by atoms with Crippen molar-refractivity contribution in [1.29, 1.82) is 0 Å². The second kappa shape index (κ2) is 6.18. The van der Waals surface area contributed by atoms with Gasteiger partial charge in [-0.15, -0.1) is 0 Å². The zero-order valence-electron chi connectivity index (χ0n) is 9.97. The Morgan fingerprint density at radius 2 is 1.69 bits per heavy atom. The summed E-state index contributed by atoms with van der Waals surface area (Å²) in [5.41, 5.74) is 0. The summed E-state index contributed by atoms with van der Waals surface area (Å²) in [4.78, 5) is 0. The van der Waals surface area contributed by atoms with Crippen molar-refractivity contribution in [2.45, 2.75) is 20.1 Å². The molecule has 0 saturated carbocycles. The molecule has 0 aliphatic carbocycles. The molecule has 0 bridgehead atoms. The molecule has 0 N–H and O–H groups in total. The Morgan fingerprint density at radius 3 is 2.12 bits per heavy atom. The number of ether oxygens (including phenoxy) is 3. The maximum Gasteiger partial charge on any atom is 0.201 e. The molecule has 0 radical (unpaired) electrons. The molecule has 1 rings (SSSR count). The highest BCUT2D eigenvalue weighted by Crippen LogP contribution is 2.20. The van der Waals surface area contributed by atoms with E-state index in [1.807, 2.05) is 38.1 Å². The molecule has 1 atom stereocenters. The van der Waals surface area contributed by atoms with Crippen molar-refractivity contribution in [3.05, 3.63) is 37.1 Å². The molecule has 0 heterocycles. The van der Waals surface area contributed by atoms with Crippen LogP contribution in [0.25, 0.3) is 0 Å². The van der Waals surface area contributed by atoms with E-state index in [0.29, 0.717) is 5.92 Å². The molecule has 0 spiro atoms. The average molecular weight is 222 g/mol. The molecule has 0 fully saturated rings. The molecule has 1 unspecified atom stereocenters. The highest BCUT2D eigenvalue weighted by molar-refractivity contribution is 5.31. The normalized spacial score (nSPS) is 12.2. The summed E-state index contributed by atoms with van der Waals surface area (Å²) < 4.78 is 16.0. The van der Waals surface area contributed by atoms with Gasteiger partial charge in [0, 0.05) is 13.0 Å². The second-order valence-electron chi connectivity index (χ2n) is 3.72. The molecule has 3 heteroatoms. The quantitative estimate of drug-likeness (QED) is 0.546. The molecular formula is C13H18O3. The second-order valence-corrected chi connectivity index (χ2v) is 3.72. The lowest BCUT2D eigenvalue weighted by atomic mass is 10.2. The van der Waals surface area contributed by atoms with Crippen LogP contribution in [0.3, 0.4) is 0 Å². The molecule has 1 aromatic rings. The molecule has 0 aromatic heterocycles. The minimum Gasteiger partial charge on any atom is -0.466 e. The van der Waals surface area contributed by atoms with E-state index in [-0.39, 0.29) is 6.29 Å². The Hall–Kier alpha value is -1.48. The molecule has 16 heavy (non-hydrogen) atoms. The van der Waals surface area contributed by atoms with Crippen LogP contribution in [-0.4, -0.2) is 13.4 Å². The minimum absolute atomic E-state index is 0.230. The van der Waals surface area contributed by atoms with Gasteiger partial charge in [-0.3, -0.25) is 0 Å². The van der Waals surface area contributed by atoms with Crippen molar-refractivity contribution in [3.8, 4) is 11.5 Å². The Bertz CT molecular complexity index is 316. The van der Waals surface area contributed by atoms with Crippen molar-refractivity contribution >= 4 is 0 Å². The van der Waals surface area contributed by atoms with Crippen LogP contribution >= 0.6 is 0 Å². The maximum absolute atomic E-state index is 5.65. The third kappa shape index (κ3) is 3.59. The zero-order valence-corrected chi connectivity index (χ0v) is 9.97. The Morgan fingerprint density at radius 1 is 1.12 bits per heavy atom. The van der Waals surface area contributed by atoms with E-state index in [0.717, 1.165) is 11.5 Å². The van der Waals surface area contributed by atoms with Crippen LogP contribution in [0.4, 0.5) is 0 Å². The van der Waals surface area contributed by atoms with Gasteiger partial charge in [0.25, 0.3) is 0 Å². The monoisotopic (exact) mass is 222 g/mol. The van der Waals surface area contributed by atoms with Crippen molar-refractivity contribution in [2.75, 3.05) is 7.11 Å². The van der Waals surface area contributed by atoms with Crippen LogP contribution in [0.5, 0.6) is 11.5 Å². The smallest absolute Gasteiger partial charge is 0.201 e. The lowest BCUT2D eigenvalue weighted by molar-refractivity contribution is -0.0833. The predicted molar refractivity (Wildman–Crippen MR) is 63.5 cm³/mol. The van der Waals surface area contributed by atoms with Crippen LogP contribution in [0.15, 0.2) is 37.1 Å². The van der Waals surface area contributed by atoms with E-state index in [2.05, 4.69) is 6.58 Å². The van der Waals surface area contributed by atoms with Crippen LogP contribution in [-0.2, 0) is 4.74 Å². The van der Waals surface area contributed by atoms with E-state index in [1.165, 1.54) is 6.26 Å². The van der Waals surface area contributed by atoms with Gasteiger partial charge in [-0.05, 0) is 24.3 Å². The number of benzene rings is 1. The fourth-order valence-corrected chi connectivity index (χ4v) is 1.28. The fraction of sp³-hybridized carbons (Fsp3) is 0.385. The van der Waals surface area contributed by atoms with Gasteiger partial charge in [0.05, 0.1) is 6.26 Å². The van der Waals surface area contributed by atoms with Crippen LogP contribution in [0.2, 0.25) is 0 Å². The van der Waals surface area contributed by atoms with Gasteiger partial charge in [-0.1, -0.05) is 20.4 Å². The lowest BCUT2D eigenvalue weighted by Crippen LogP contribution is -2.24. The van der Waals surface area contributed by atoms with Gasteiger partial charge < -0.3 is 14.2 Å². The predicted octanol–water partition coefficient (Wildman–Crippen LogP) is 3.22. The number of rotatable bonds is 6. The van der Waals surface area contributed by atoms with Crippen molar-refractivity contribution < 1.29 is 14.2 Å². The molecule has 88 valence electrons. The van der Waals surface area contributed by atoms with Crippen molar-refractivity contribution in [2.24, 2.45) is 5.92 Å². The topological polar surface area (TPSA) is 27.7 Å². The fourth-order valence-electron chi connectivity index (χ4n) is 1.28. The molecule has 0 amide bonds. The van der Waals surface area contributed by atoms with Gasteiger partial charge in [-0.2, -0.15) is 0 Å². The first-order chi connectivity index (χ1) is 7.67. The molecule has 1 aromatic carbocycles. The summed E-state index contributed by atoms with van der Waals surface area (Å²) in [6.45, 7) is 7.58. The molecule has 0 aliphatic rings. The SMILES string of the molecule is C=COc1ccc(OC(OC)C(C)C)cc1. The zero-order chi connectivity index (χ0) is 12.0. The first-order valence-corrected chi connectivity index (χ1v) is 5.24. The van der Waals surface area contributed by atoms with Crippen LogP contribution in [0, 0.1) is 5.92 Å². The average Bonchev–Trinajstić information content (AvgIpc) is 2.28. The van der Waals surface area contributed by atoms with Gasteiger partial charge in [0.2, 0.25) is 6.29 Å². The van der Waals surface area contributed by atoms with Crippen LogP contribution < -0.4 is 9.47 Å². The largest absolute Gasteiger partial charge is 0.466 e. The Kier molecular flexibility index (Phi) is 4.86. The summed E-state index contributed by atoms with van der Waals surface area (Å²) in [5.74, 6) is 1.80. The first-order valence-electron chi connectivity index (χ1n) is 5.24. The standard InChI is InChI=1S/C13H18O3/c1-5-15-11-6-8-12(9-7-11)16-13(14-4)10(2)3/h5-10,13H,1H2,2-4H3. The Balaban J connectivity index is 2.63. The third-order valence-electron chi connectivity index (χ3n) is 2.07. The van der Waals surface area contributed by atoms with Crippen molar-refractivity contribution in [3.63, 3.8) is 0 Å². The van der Waals surface area contributed by atoms with Gasteiger partial charge in [0.1, 0.15) is 11.5 Å². The summed E-state index contributed by atoms with van der Waals surface area (Å²) >= 11 is 0. The third-order valence-corrected chi connectivity index (χ3v) is 2.07. The van der Waals surface area contributed by atoms with Gasteiger partial charge in [0.15, 0.2) is 0 Å². The molecule has 3 nitrogen and oxygen atoms in total. The van der Waals surface area contributed by atoms with Crippen molar-refractivity contribution in [1.82, 2.24) is 0 Å². The van der Waals surface area contributed by atoms with Gasteiger partial charge >= 0.3 is 0 Å². The van der Waals surface area contributed by atoms with E-state index < -0.39 is 0 Å². The molecule has 0 aliphatic heterocycles. The molecular weight excluding hydrogens is 204 g/mol. The highest BCUT2D eigenvalue weighted by Gasteiger charge is 2.13. The van der Waals surface area contributed by atoms with Gasteiger partial charge in [-0.25, -0.2) is 0 Å². The minimum atomic E-state index is -0.230. The van der Waals surface area contributed by atoms with E-state index >= 15 is 0 Å². The number of hydrogen-bond acceptors (Lipinski definition) is 3. The summed E-state index contributed by atoms with van der Waals surface area (Å²) in [6.07, 6.45) is 1.16. The Labute approximate surface area is 96.6 Å². The van der Waals surface area contributed by atoms with E-state index in [1.54, 1.807) is 7.11 Å². The highest BCUT2D eigenvalue weighted by atomic mass is 16.7. The summed E-state index contributed by atoms with van der Waals surface area (Å²) in [5, 5.41) is 0. The number of methoxy groups -OCH3 is 1. The lowest BCUT2D eigenvalue weighted by Gasteiger charge is -2.20. The van der Waals surface area contributed by atoms with E-state index in [4.69, 9.17) is 14.2 Å². The summed E-state index contributed by atoms with van der Waals surface area (Å²) in [6, 6.07) is 7.33. The van der Waals surface area contributed by atoms with E-state index in [9.17, 15) is 0 Å². The number of hydrogen-bond donors (Lipinski definition) is 0. The first kappa shape index (κ1) is 12.6. The van der Waals surface area contributed by atoms with Crippen LogP contribution in [0.1, 0.15) is 13.8 Å².